The minimum Gasteiger partial charge on any atom is -0.344 e. The number of amides is 1. The van der Waals surface area contributed by atoms with E-state index in [0.717, 1.165) is 6.54 Å². The lowest BCUT2D eigenvalue weighted by atomic mass is 10.4. The average molecular weight is 180 g/mol. The first-order chi connectivity index (χ1) is 6.27. The predicted molar refractivity (Wildman–Crippen MR) is 52.1 cm³/mol. The van der Waals surface area contributed by atoms with E-state index < -0.39 is 0 Å². The molecule has 0 aromatic rings. The summed E-state index contributed by atoms with van der Waals surface area (Å²) in [4.78, 5) is 13.4. The highest BCUT2D eigenvalue weighted by molar-refractivity contribution is 5.78. The molecule has 1 aliphatic carbocycles. The van der Waals surface area contributed by atoms with Gasteiger partial charge in [-0.2, -0.15) is 0 Å². The summed E-state index contributed by atoms with van der Waals surface area (Å²) in [7, 11) is 0. The molecule has 0 aromatic carbocycles. The molecule has 0 spiro atoms. The van der Waals surface area contributed by atoms with Crippen molar-refractivity contribution in [1.29, 1.82) is 0 Å². The molecular weight excluding hydrogens is 164 g/mol. The van der Waals surface area contributed by atoms with E-state index in [4.69, 9.17) is 6.42 Å². The van der Waals surface area contributed by atoms with Gasteiger partial charge in [0.2, 0.25) is 5.91 Å². The van der Waals surface area contributed by atoms with Gasteiger partial charge >= 0.3 is 0 Å². The van der Waals surface area contributed by atoms with Crippen LogP contribution in [0.2, 0.25) is 0 Å². The van der Waals surface area contributed by atoms with Crippen LogP contribution in [0, 0.1) is 12.3 Å². The number of rotatable bonds is 5. The smallest absolute Gasteiger partial charge is 0.234 e. The van der Waals surface area contributed by atoms with E-state index in [2.05, 4.69) is 23.1 Å². The number of hydrogen-bond acceptors (Lipinski definition) is 2. The quantitative estimate of drug-likeness (QED) is 0.614. The van der Waals surface area contributed by atoms with Gasteiger partial charge in [0.25, 0.3) is 0 Å². The number of nitrogens with zero attached hydrogens (tertiary/aromatic N) is 1. The minimum absolute atomic E-state index is 0.0340. The number of hydrogen-bond donors (Lipinski definition) is 1. The number of carbonyl (C=O) groups excluding carboxylic acids is 1. The molecule has 1 aliphatic rings. The van der Waals surface area contributed by atoms with Crippen LogP contribution in [-0.2, 0) is 4.79 Å². The van der Waals surface area contributed by atoms with Crippen molar-refractivity contribution < 1.29 is 4.79 Å². The Balaban J connectivity index is 2.21. The van der Waals surface area contributed by atoms with E-state index in [1.54, 1.807) is 0 Å². The van der Waals surface area contributed by atoms with Crippen molar-refractivity contribution in [1.82, 2.24) is 10.2 Å². The molecule has 0 unspecified atom stereocenters. The van der Waals surface area contributed by atoms with Crippen LogP contribution in [0.5, 0.6) is 0 Å². The van der Waals surface area contributed by atoms with E-state index in [1.165, 1.54) is 12.8 Å². The first kappa shape index (κ1) is 10.1. The predicted octanol–water partition coefficient (Wildman–Crippen LogP) is 0.220. The standard InChI is InChI=1S/C10H16N2O/c1-3-7-11-10(13)8-12(4-2)9-5-6-9/h1,9H,4-8H2,2H3,(H,11,13). The lowest BCUT2D eigenvalue weighted by Gasteiger charge is -2.18. The topological polar surface area (TPSA) is 32.3 Å². The molecule has 1 saturated carbocycles. The second-order valence-corrected chi connectivity index (χ2v) is 3.28. The maximum absolute atomic E-state index is 11.3. The fourth-order valence-corrected chi connectivity index (χ4v) is 1.33. The minimum atomic E-state index is 0.0340. The van der Waals surface area contributed by atoms with Gasteiger partial charge < -0.3 is 5.32 Å². The van der Waals surface area contributed by atoms with Crippen molar-refractivity contribution in [2.24, 2.45) is 0 Å². The molecule has 0 radical (unpaired) electrons. The molecule has 1 rings (SSSR count). The summed E-state index contributed by atoms with van der Waals surface area (Å²) in [5, 5.41) is 2.66. The maximum Gasteiger partial charge on any atom is 0.234 e. The number of terminal acetylenes is 1. The van der Waals surface area contributed by atoms with Crippen LogP contribution >= 0.6 is 0 Å². The Morgan fingerprint density at radius 3 is 2.85 bits per heavy atom. The molecule has 0 heterocycles. The zero-order valence-electron chi connectivity index (χ0n) is 8.05. The maximum atomic E-state index is 11.3. The van der Waals surface area contributed by atoms with E-state index in [0.29, 0.717) is 19.1 Å². The summed E-state index contributed by atoms with van der Waals surface area (Å²) in [5.41, 5.74) is 0. The molecule has 3 nitrogen and oxygen atoms in total. The zero-order chi connectivity index (χ0) is 9.68. The van der Waals surface area contributed by atoms with Gasteiger partial charge in [-0.25, -0.2) is 0 Å². The van der Waals surface area contributed by atoms with Gasteiger partial charge in [0.05, 0.1) is 13.1 Å². The van der Waals surface area contributed by atoms with Crippen molar-refractivity contribution in [2.45, 2.75) is 25.8 Å². The van der Waals surface area contributed by atoms with Crippen molar-refractivity contribution >= 4 is 5.91 Å². The number of carbonyl (C=O) groups is 1. The second kappa shape index (κ2) is 4.88. The fraction of sp³-hybridized carbons (Fsp3) is 0.700. The van der Waals surface area contributed by atoms with Gasteiger partial charge in [0.1, 0.15) is 0 Å². The molecule has 1 fully saturated rings. The molecular formula is C10H16N2O. The van der Waals surface area contributed by atoms with Gasteiger partial charge in [0.15, 0.2) is 0 Å². The Labute approximate surface area is 79.5 Å². The van der Waals surface area contributed by atoms with Crippen molar-refractivity contribution in [3.05, 3.63) is 0 Å². The van der Waals surface area contributed by atoms with Crippen LogP contribution in [-0.4, -0.2) is 36.5 Å². The third-order valence-corrected chi connectivity index (χ3v) is 2.20. The molecule has 0 bridgehead atoms. The van der Waals surface area contributed by atoms with Crippen LogP contribution in [0.3, 0.4) is 0 Å². The Hall–Kier alpha value is -1.01. The van der Waals surface area contributed by atoms with Crippen LogP contribution < -0.4 is 5.32 Å². The Morgan fingerprint density at radius 2 is 2.38 bits per heavy atom. The van der Waals surface area contributed by atoms with Gasteiger partial charge in [-0.05, 0) is 19.4 Å². The SMILES string of the molecule is C#CCNC(=O)CN(CC)C1CC1. The summed E-state index contributed by atoms with van der Waals surface area (Å²) in [6, 6.07) is 0.640. The van der Waals surface area contributed by atoms with E-state index in [-0.39, 0.29) is 5.91 Å². The van der Waals surface area contributed by atoms with E-state index >= 15 is 0 Å². The van der Waals surface area contributed by atoms with Crippen molar-refractivity contribution in [2.75, 3.05) is 19.6 Å². The van der Waals surface area contributed by atoms with Crippen LogP contribution in [0.1, 0.15) is 19.8 Å². The molecule has 0 aliphatic heterocycles. The third kappa shape index (κ3) is 3.47. The zero-order valence-corrected chi connectivity index (χ0v) is 8.05. The largest absolute Gasteiger partial charge is 0.344 e. The summed E-state index contributed by atoms with van der Waals surface area (Å²) in [6.45, 7) is 3.84. The fourth-order valence-electron chi connectivity index (χ4n) is 1.33. The third-order valence-electron chi connectivity index (χ3n) is 2.20. The first-order valence-electron chi connectivity index (χ1n) is 4.72. The van der Waals surface area contributed by atoms with Crippen LogP contribution in [0.4, 0.5) is 0 Å². The molecule has 72 valence electrons. The van der Waals surface area contributed by atoms with Gasteiger partial charge in [-0.3, -0.25) is 9.69 Å². The molecule has 1 N–H and O–H groups in total. The molecule has 3 heteroatoms. The lowest BCUT2D eigenvalue weighted by molar-refractivity contribution is -0.122. The highest BCUT2D eigenvalue weighted by Crippen LogP contribution is 2.25. The number of likely N-dealkylation sites (N-methyl/N-ethyl adjacent to an activating group) is 1. The molecule has 0 saturated heterocycles. The first-order valence-corrected chi connectivity index (χ1v) is 4.72. The van der Waals surface area contributed by atoms with E-state index in [1.807, 2.05) is 0 Å². The highest BCUT2D eigenvalue weighted by Gasteiger charge is 2.28. The normalized spacial score (nSPS) is 15.5. The summed E-state index contributed by atoms with van der Waals surface area (Å²) in [6.07, 6.45) is 7.50. The molecule has 0 atom stereocenters. The lowest BCUT2D eigenvalue weighted by Crippen LogP contribution is -2.38. The van der Waals surface area contributed by atoms with Gasteiger partial charge in [0, 0.05) is 6.04 Å². The highest BCUT2D eigenvalue weighted by atomic mass is 16.2. The monoisotopic (exact) mass is 180 g/mol. The van der Waals surface area contributed by atoms with Crippen molar-refractivity contribution in [3.8, 4) is 12.3 Å². The van der Waals surface area contributed by atoms with Crippen LogP contribution in [0.25, 0.3) is 0 Å². The van der Waals surface area contributed by atoms with Crippen molar-refractivity contribution in [3.63, 3.8) is 0 Å². The molecule has 13 heavy (non-hydrogen) atoms. The second-order valence-electron chi connectivity index (χ2n) is 3.28. The summed E-state index contributed by atoms with van der Waals surface area (Å²) in [5.74, 6) is 2.42. The van der Waals surface area contributed by atoms with Gasteiger partial charge in [-0.15, -0.1) is 6.42 Å². The Bertz CT molecular complexity index is 215. The van der Waals surface area contributed by atoms with Gasteiger partial charge in [-0.1, -0.05) is 12.8 Å². The average Bonchev–Trinajstić information content (AvgIpc) is 2.94. The number of nitrogens with one attached hydrogen (secondary N) is 1. The Kier molecular flexibility index (Phi) is 3.78. The van der Waals surface area contributed by atoms with E-state index in [9.17, 15) is 4.79 Å². The molecule has 0 aromatic heterocycles. The van der Waals surface area contributed by atoms with Crippen LogP contribution in [0.15, 0.2) is 0 Å². The summed E-state index contributed by atoms with van der Waals surface area (Å²) < 4.78 is 0. The molecule has 1 amide bonds. The summed E-state index contributed by atoms with van der Waals surface area (Å²) >= 11 is 0. The Morgan fingerprint density at radius 1 is 1.69 bits per heavy atom.